The smallest absolute Gasteiger partial charge is 0.257 e. The van der Waals surface area contributed by atoms with Crippen molar-refractivity contribution in [1.29, 1.82) is 0 Å². The summed E-state index contributed by atoms with van der Waals surface area (Å²) in [5.74, 6) is -2.34. The predicted molar refractivity (Wildman–Crippen MR) is 91.6 cm³/mol. The molecular formula is C20H12F2N2O2. The average molecular weight is 350 g/mol. The maximum Gasteiger partial charge on any atom is 0.257 e. The van der Waals surface area contributed by atoms with Gasteiger partial charge >= 0.3 is 0 Å². The molecule has 3 aromatic rings. The van der Waals surface area contributed by atoms with Crippen molar-refractivity contribution in [3.63, 3.8) is 0 Å². The average Bonchev–Trinajstić information content (AvgIpc) is 2.65. The summed E-state index contributed by atoms with van der Waals surface area (Å²) in [5.41, 5.74) is 1.98. The van der Waals surface area contributed by atoms with Crippen molar-refractivity contribution in [1.82, 2.24) is 4.98 Å². The van der Waals surface area contributed by atoms with Crippen LogP contribution in [0.25, 0.3) is 0 Å². The van der Waals surface area contributed by atoms with Gasteiger partial charge in [-0.1, -0.05) is 36.4 Å². The largest absolute Gasteiger partial charge is 0.436 e. The fraction of sp³-hybridized carbons (Fsp3) is 0.0500. The molecule has 0 saturated heterocycles. The topological polar surface area (TPSA) is 51.5 Å². The van der Waals surface area contributed by atoms with Crippen LogP contribution >= 0.6 is 0 Å². The van der Waals surface area contributed by atoms with E-state index in [-0.39, 0.29) is 17.5 Å². The molecule has 0 bridgehead atoms. The molecule has 0 saturated carbocycles. The highest BCUT2D eigenvalue weighted by Crippen LogP contribution is 2.32. The van der Waals surface area contributed by atoms with Crippen molar-refractivity contribution < 1.29 is 18.3 Å². The van der Waals surface area contributed by atoms with E-state index in [0.717, 1.165) is 17.7 Å². The Kier molecular flexibility index (Phi) is 4.01. The van der Waals surface area contributed by atoms with Crippen molar-refractivity contribution >= 4 is 12.1 Å². The van der Waals surface area contributed by atoms with Crippen molar-refractivity contribution in [2.45, 2.75) is 5.92 Å². The molecule has 128 valence electrons. The van der Waals surface area contributed by atoms with Gasteiger partial charge in [-0.2, -0.15) is 0 Å². The number of halogens is 2. The van der Waals surface area contributed by atoms with Crippen LogP contribution in [0.15, 0.2) is 65.7 Å². The van der Waals surface area contributed by atoms with Crippen LogP contribution in [0.2, 0.25) is 0 Å². The van der Waals surface area contributed by atoms with Gasteiger partial charge in [0.2, 0.25) is 5.88 Å². The lowest BCUT2D eigenvalue weighted by molar-refractivity contribution is -0.118. The Hall–Kier alpha value is -3.41. The highest BCUT2D eigenvalue weighted by Gasteiger charge is 2.28. The van der Waals surface area contributed by atoms with E-state index in [1.165, 1.54) is 12.3 Å². The Morgan fingerprint density at radius 2 is 1.77 bits per heavy atom. The number of aromatic nitrogens is 1. The summed E-state index contributed by atoms with van der Waals surface area (Å²) in [6, 6.07) is 15.6. The number of fused-ring (bicyclic) bond motifs is 1. The second-order valence-electron chi connectivity index (χ2n) is 5.74. The van der Waals surface area contributed by atoms with Gasteiger partial charge in [0.05, 0.1) is 17.8 Å². The number of amides is 1. The zero-order chi connectivity index (χ0) is 18.1. The SMILES string of the molecule is O=C1N=Cc2nc(Oc3ccc(F)cc3F)ccc2C1c1ccccc1. The number of nitrogens with zero attached hydrogens (tertiary/aromatic N) is 2. The third kappa shape index (κ3) is 2.97. The maximum atomic E-state index is 13.7. The number of hydrogen-bond donors (Lipinski definition) is 0. The summed E-state index contributed by atoms with van der Waals surface area (Å²) in [6.45, 7) is 0. The highest BCUT2D eigenvalue weighted by molar-refractivity contribution is 6.01. The van der Waals surface area contributed by atoms with Gasteiger partial charge in [0.15, 0.2) is 11.6 Å². The van der Waals surface area contributed by atoms with Gasteiger partial charge in [0.1, 0.15) is 5.82 Å². The van der Waals surface area contributed by atoms with Crippen molar-refractivity contribution in [3.8, 4) is 11.6 Å². The molecule has 1 aromatic heterocycles. The Labute approximate surface area is 147 Å². The molecule has 1 atom stereocenters. The number of aliphatic imine (C=N–C) groups is 1. The molecule has 2 aromatic carbocycles. The second kappa shape index (κ2) is 6.48. The zero-order valence-electron chi connectivity index (χ0n) is 13.4. The lowest BCUT2D eigenvalue weighted by Crippen LogP contribution is -2.19. The van der Waals surface area contributed by atoms with E-state index in [9.17, 15) is 13.6 Å². The van der Waals surface area contributed by atoms with E-state index in [2.05, 4.69) is 9.98 Å². The molecule has 1 amide bonds. The minimum Gasteiger partial charge on any atom is -0.436 e. The highest BCUT2D eigenvalue weighted by atomic mass is 19.1. The maximum absolute atomic E-state index is 13.7. The quantitative estimate of drug-likeness (QED) is 0.710. The van der Waals surface area contributed by atoms with E-state index in [4.69, 9.17) is 4.74 Å². The first-order valence-electron chi connectivity index (χ1n) is 7.88. The molecular weight excluding hydrogens is 338 g/mol. The number of ether oxygens (including phenoxy) is 1. The number of carbonyl (C=O) groups excluding carboxylic acids is 1. The number of rotatable bonds is 3. The van der Waals surface area contributed by atoms with Gasteiger partial charge in [-0.05, 0) is 23.3 Å². The molecule has 0 aliphatic carbocycles. The Morgan fingerprint density at radius 1 is 0.962 bits per heavy atom. The zero-order valence-corrected chi connectivity index (χ0v) is 13.4. The van der Waals surface area contributed by atoms with Crippen molar-refractivity contribution in [2.75, 3.05) is 0 Å². The van der Waals surface area contributed by atoms with Crippen molar-refractivity contribution in [3.05, 3.63) is 89.1 Å². The molecule has 2 heterocycles. The molecule has 0 radical (unpaired) electrons. The van der Waals surface area contributed by atoms with Gasteiger partial charge in [-0.25, -0.2) is 18.8 Å². The summed E-state index contributed by atoms with van der Waals surface area (Å²) < 4.78 is 32.1. The third-order valence-electron chi connectivity index (χ3n) is 4.05. The molecule has 26 heavy (non-hydrogen) atoms. The number of hydrogen-bond acceptors (Lipinski definition) is 3. The molecule has 0 fully saturated rings. The van der Waals surface area contributed by atoms with Gasteiger partial charge < -0.3 is 4.74 Å². The van der Waals surface area contributed by atoms with Crippen molar-refractivity contribution in [2.24, 2.45) is 4.99 Å². The van der Waals surface area contributed by atoms with E-state index in [0.29, 0.717) is 11.3 Å². The van der Waals surface area contributed by atoms with Crippen LogP contribution in [-0.4, -0.2) is 17.1 Å². The minimum absolute atomic E-state index is 0.127. The fourth-order valence-corrected chi connectivity index (χ4v) is 2.84. The molecule has 4 nitrogen and oxygen atoms in total. The normalized spacial score (nSPS) is 15.6. The van der Waals surface area contributed by atoms with Crippen LogP contribution < -0.4 is 4.74 Å². The molecule has 0 spiro atoms. The van der Waals surface area contributed by atoms with E-state index < -0.39 is 17.6 Å². The van der Waals surface area contributed by atoms with Gasteiger partial charge in [-0.15, -0.1) is 0 Å². The molecule has 0 N–H and O–H groups in total. The number of pyridine rings is 1. The number of carbonyl (C=O) groups is 1. The molecule has 1 unspecified atom stereocenters. The van der Waals surface area contributed by atoms with E-state index in [1.807, 2.05) is 30.3 Å². The first kappa shape index (κ1) is 16.1. The lowest BCUT2D eigenvalue weighted by Gasteiger charge is -2.20. The van der Waals surface area contributed by atoms with E-state index >= 15 is 0 Å². The van der Waals surface area contributed by atoms with Gasteiger partial charge in [0.25, 0.3) is 5.91 Å². The summed E-state index contributed by atoms with van der Waals surface area (Å²) in [5, 5.41) is 0. The first-order valence-corrected chi connectivity index (χ1v) is 7.88. The summed E-state index contributed by atoms with van der Waals surface area (Å²) in [6.07, 6.45) is 1.37. The molecule has 4 rings (SSSR count). The monoisotopic (exact) mass is 350 g/mol. The fourth-order valence-electron chi connectivity index (χ4n) is 2.84. The van der Waals surface area contributed by atoms with Crippen LogP contribution in [0.5, 0.6) is 11.6 Å². The summed E-state index contributed by atoms with van der Waals surface area (Å²) in [7, 11) is 0. The molecule has 1 aliphatic rings. The number of benzene rings is 2. The van der Waals surface area contributed by atoms with Crippen LogP contribution in [0, 0.1) is 11.6 Å². The first-order chi connectivity index (χ1) is 12.6. The molecule has 1 aliphatic heterocycles. The van der Waals surface area contributed by atoms with Gasteiger partial charge in [-0.3, -0.25) is 4.79 Å². The lowest BCUT2D eigenvalue weighted by atomic mass is 9.88. The standard InChI is InChI=1S/C20H12F2N2O2/c21-13-6-8-17(15(22)10-13)26-18-9-7-14-16(24-18)11-23-20(25)19(14)12-4-2-1-3-5-12/h1-11,19H. The van der Waals surface area contributed by atoms with Crippen LogP contribution in [-0.2, 0) is 4.79 Å². The second-order valence-corrected chi connectivity index (χ2v) is 5.74. The van der Waals surface area contributed by atoms with Gasteiger partial charge in [0, 0.05) is 12.1 Å². The summed E-state index contributed by atoms with van der Waals surface area (Å²) in [4.78, 5) is 20.5. The third-order valence-corrected chi connectivity index (χ3v) is 4.05. The van der Waals surface area contributed by atoms with Crippen LogP contribution in [0.3, 0.4) is 0 Å². The van der Waals surface area contributed by atoms with Crippen LogP contribution in [0.4, 0.5) is 8.78 Å². The minimum atomic E-state index is -0.824. The Balaban J connectivity index is 1.69. The summed E-state index contributed by atoms with van der Waals surface area (Å²) >= 11 is 0. The Morgan fingerprint density at radius 3 is 2.54 bits per heavy atom. The Bertz CT molecular complexity index is 1020. The van der Waals surface area contributed by atoms with Crippen LogP contribution in [0.1, 0.15) is 22.7 Å². The predicted octanol–water partition coefficient (Wildman–Crippen LogP) is 4.24. The van der Waals surface area contributed by atoms with E-state index in [1.54, 1.807) is 12.1 Å². The molecule has 6 heteroatoms.